The number of hydrogen-bond donors (Lipinski definition) is 2. The van der Waals surface area contributed by atoms with Crippen LogP contribution in [0.1, 0.15) is 16.7 Å². The third-order valence-electron chi connectivity index (χ3n) is 3.63. The molecule has 0 aliphatic carbocycles. The maximum absolute atomic E-state index is 13.8. The van der Waals surface area contributed by atoms with Crippen LogP contribution in [0.15, 0.2) is 29.2 Å². The van der Waals surface area contributed by atoms with E-state index in [2.05, 4.69) is 4.72 Å². The van der Waals surface area contributed by atoms with Gasteiger partial charge in [-0.25, -0.2) is 25.6 Å². The lowest BCUT2D eigenvalue weighted by Gasteiger charge is -2.19. The molecule has 2 rings (SSSR count). The topological polar surface area (TPSA) is 92.3 Å². The molecule has 2 aromatic carbocycles. The van der Waals surface area contributed by atoms with Gasteiger partial charge in [-0.05, 0) is 49.6 Å². The SMILES string of the molecule is Cc1cc(C)c(S(=O)(=O)Nc2cc(F)ccc2F)c(C)c1NS(C)(=O)=O. The molecule has 0 atom stereocenters. The van der Waals surface area contributed by atoms with Gasteiger partial charge in [0.2, 0.25) is 10.0 Å². The van der Waals surface area contributed by atoms with Gasteiger partial charge in [-0.1, -0.05) is 6.07 Å². The van der Waals surface area contributed by atoms with Gasteiger partial charge in [0.1, 0.15) is 11.6 Å². The van der Waals surface area contributed by atoms with Crippen molar-refractivity contribution in [2.75, 3.05) is 15.7 Å². The van der Waals surface area contributed by atoms with Gasteiger partial charge in [-0.2, -0.15) is 0 Å². The van der Waals surface area contributed by atoms with E-state index < -0.39 is 37.4 Å². The van der Waals surface area contributed by atoms with Crippen LogP contribution in [0.5, 0.6) is 0 Å². The molecule has 10 heteroatoms. The standard InChI is InChI=1S/C16H18F2N2O4S2/c1-9-7-10(2)16(11(3)15(9)20-25(4,21)22)26(23,24)19-14-8-12(17)5-6-13(14)18/h5-8,19-20H,1-4H3. The van der Waals surface area contributed by atoms with Gasteiger partial charge in [0, 0.05) is 6.07 Å². The third kappa shape index (κ3) is 4.31. The molecule has 0 heterocycles. The first-order valence-corrected chi connectivity index (χ1v) is 10.8. The van der Waals surface area contributed by atoms with Crippen molar-refractivity contribution in [3.05, 3.63) is 52.6 Å². The molecule has 0 amide bonds. The monoisotopic (exact) mass is 404 g/mol. The van der Waals surface area contributed by atoms with Gasteiger partial charge in [0.05, 0.1) is 22.5 Å². The molecule has 0 aromatic heterocycles. The molecule has 2 N–H and O–H groups in total. The predicted octanol–water partition coefficient (Wildman–Crippen LogP) is 3.06. The minimum atomic E-state index is -4.30. The summed E-state index contributed by atoms with van der Waals surface area (Å²) in [5.74, 6) is -1.74. The van der Waals surface area contributed by atoms with Crippen LogP contribution >= 0.6 is 0 Å². The van der Waals surface area contributed by atoms with E-state index in [0.717, 1.165) is 24.5 Å². The van der Waals surface area contributed by atoms with Gasteiger partial charge in [0.25, 0.3) is 10.0 Å². The maximum atomic E-state index is 13.8. The molecule has 0 unspecified atom stereocenters. The first-order valence-electron chi connectivity index (χ1n) is 7.38. The van der Waals surface area contributed by atoms with Gasteiger partial charge >= 0.3 is 0 Å². The fraction of sp³-hybridized carbons (Fsp3) is 0.250. The quantitative estimate of drug-likeness (QED) is 0.801. The summed E-state index contributed by atoms with van der Waals surface area (Å²) in [5.41, 5.74) is 0.599. The largest absolute Gasteiger partial charge is 0.283 e. The molecule has 0 aliphatic rings. The number of benzene rings is 2. The minimum absolute atomic E-state index is 0.123. The van der Waals surface area contributed by atoms with Crippen molar-refractivity contribution in [1.29, 1.82) is 0 Å². The summed E-state index contributed by atoms with van der Waals surface area (Å²) >= 11 is 0. The number of anilines is 2. The molecule has 142 valence electrons. The van der Waals surface area contributed by atoms with Crippen LogP contribution < -0.4 is 9.44 Å². The van der Waals surface area contributed by atoms with E-state index in [1.807, 2.05) is 4.72 Å². The van der Waals surface area contributed by atoms with Crippen LogP contribution in [0.3, 0.4) is 0 Å². The highest BCUT2D eigenvalue weighted by molar-refractivity contribution is 7.93. The Bertz CT molecular complexity index is 1080. The van der Waals surface area contributed by atoms with E-state index in [1.165, 1.54) is 19.9 Å². The Morgan fingerprint density at radius 1 is 0.885 bits per heavy atom. The first-order chi connectivity index (χ1) is 11.8. The number of nitrogens with one attached hydrogen (secondary N) is 2. The maximum Gasteiger partial charge on any atom is 0.262 e. The first kappa shape index (κ1) is 20.1. The van der Waals surface area contributed by atoms with Gasteiger partial charge in [-0.15, -0.1) is 0 Å². The van der Waals surface area contributed by atoms with Crippen LogP contribution in [-0.4, -0.2) is 23.1 Å². The molecule has 0 saturated carbocycles. The smallest absolute Gasteiger partial charge is 0.262 e. The van der Waals surface area contributed by atoms with E-state index in [1.54, 1.807) is 6.92 Å². The van der Waals surface area contributed by atoms with Gasteiger partial charge in [-0.3, -0.25) is 9.44 Å². The fourth-order valence-electron chi connectivity index (χ4n) is 2.69. The number of rotatable bonds is 5. The van der Waals surface area contributed by atoms with E-state index >= 15 is 0 Å². The summed E-state index contributed by atoms with van der Waals surface area (Å²) in [6.45, 7) is 4.59. The Balaban J connectivity index is 2.62. The van der Waals surface area contributed by atoms with Crippen molar-refractivity contribution in [3.63, 3.8) is 0 Å². The van der Waals surface area contributed by atoms with Crippen LogP contribution in [0.2, 0.25) is 0 Å². The average Bonchev–Trinajstić information content (AvgIpc) is 2.45. The molecule has 0 aliphatic heterocycles. The lowest BCUT2D eigenvalue weighted by molar-refractivity contribution is 0.593. The number of hydrogen-bond acceptors (Lipinski definition) is 4. The highest BCUT2D eigenvalue weighted by Gasteiger charge is 2.25. The third-order valence-corrected chi connectivity index (χ3v) is 5.86. The molecule has 6 nitrogen and oxygen atoms in total. The number of aryl methyl sites for hydroxylation is 2. The lowest BCUT2D eigenvalue weighted by Crippen LogP contribution is -2.19. The Hall–Kier alpha value is -2.20. The zero-order valence-electron chi connectivity index (χ0n) is 14.5. The number of sulfonamides is 2. The van der Waals surface area contributed by atoms with Crippen molar-refractivity contribution in [1.82, 2.24) is 0 Å². The normalized spacial score (nSPS) is 12.1. The van der Waals surface area contributed by atoms with Crippen molar-refractivity contribution < 1.29 is 25.6 Å². The molecule has 0 saturated heterocycles. The highest BCUT2D eigenvalue weighted by Crippen LogP contribution is 2.32. The van der Waals surface area contributed by atoms with Crippen LogP contribution in [0.25, 0.3) is 0 Å². The second-order valence-corrected chi connectivity index (χ2v) is 9.31. The van der Waals surface area contributed by atoms with Gasteiger partial charge in [0.15, 0.2) is 0 Å². The molecule has 0 radical (unpaired) electrons. The van der Waals surface area contributed by atoms with Crippen LogP contribution in [0.4, 0.5) is 20.2 Å². The Morgan fingerprint density at radius 3 is 2.08 bits per heavy atom. The second kappa shape index (κ2) is 6.84. The van der Waals surface area contributed by atoms with Crippen molar-refractivity contribution >= 4 is 31.4 Å². The predicted molar refractivity (Wildman–Crippen MR) is 96.3 cm³/mol. The van der Waals surface area contributed by atoms with Crippen LogP contribution in [0, 0.1) is 32.4 Å². The number of halogens is 2. The zero-order chi connectivity index (χ0) is 19.9. The van der Waals surface area contributed by atoms with Crippen molar-refractivity contribution in [2.45, 2.75) is 25.7 Å². The highest BCUT2D eigenvalue weighted by atomic mass is 32.2. The van der Waals surface area contributed by atoms with E-state index in [0.29, 0.717) is 11.1 Å². The van der Waals surface area contributed by atoms with Crippen molar-refractivity contribution in [3.8, 4) is 0 Å². The summed E-state index contributed by atoms with van der Waals surface area (Å²) in [6, 6.07) is 3.89. The summed E-state index contributed by atoms with van der Waals surface area (Å²) in [4.78, 5) is -0.210. The van der Waals surface area contributed by atoms with E-state index in [9.17, 15) is 25.6 Å². The summed E-state index contributed by atoms with van der Waals surface area (Å²) in [6.07, 6.45) is 0.945. The molecule has 26 heavy (non-hydrogen) atoms. The summed E-state index contributed by atoms with van der Waals surface area (Å²) in [5, 5.41) is 0. The second-order valence-electron chi connectivity index (χ2n) is 5.94. The average molecular weight is 404 g/mol. The molecule has 0 fully saturated rings. The Morgan fingerprint density at radius 2 is 1.50 bits per heavy atom. The lowest BCUT2D eigenvalue weighted by atomic mass is 10.1. The molecular formula is C16H18F2N2O4S2. The van der Waals surface area contributed by atoms with E-state index in [-0.39, 0.29) is 16.1 Å². The van der Waals surface area contributed by atoms with E-state index in [4.69, 9.17) is 0 Å². The minimum Gasteiger partial charge on any atom is -0.283 e. The van der Waals surface area contributed by atoms with Gasteiger partial charge < -0.3 is 0 Å². The summed E-state index contributed by atoms with van der Waals surface area (Å²) < 4.78 is 80.0. The molecule has 0 spiro atoms. The molecular weight excluding hydrogens is 386 g/mol. The fourth-order valence-corrected chi connectivity index (χ4v) is 4.92. The molecule has 2 aromatic rings. The van der Waals surface area contributed by atoms with Crippen molar-refractivity contribution in [2.24, 2.45) is 0 Å². The molecule has 0 bridgehead atoms. The zero-order valence-corrected chi connectivity index (χ0v) is 16.1. The van der Waals surface area contributed by atoms with Crippen LogP contribution in [-0.2, 0) is 20.0 Å². The Labute approximate surface area is 151 Å². The Kier molecular flexibility index (Phi) is 5.29. The summed E-state index contributed by atoms with van der Waals surface area (Å²) in [7, 11) is -7.94.